The normalized spacial score (nSPS) is 17.2. The number of hydrogen-bond donors (Lipinski definition) is 2. The number of rotatable bonds is 4. The van der Waals surface area contributed by atoms with Crippen LogP contribution in [-0.2, 0) is 9.59 Å². The van der Waals surface area contributed by atoms with Crippen molar-refractivity contribution in [1.29, 1.82) is 0 Å². The van der Waals surface area contributed by atoms with Gasteiger partial charge in [0.1, 0.15) is 11.5 Å². The lowest BCUT2D eigenvalue weighted by atomic mass is 9.91. The summed E-state index contributed by atoms with van der Waals surface area (Å²) < 4.78 is 5.41. The maximum absolute atomic E-state index is 13.6. The molecule has 2 heterocycles. The second-order valence-electron chi connectivity index (χ2n) is 8.99. The fourth-order valence-electron chi connectivity index (χ4n) is 5.03. The molecular formula is C29H25ClN2O4. The number of H-pyrrole nitrogens is 1. The number of carbonyl (C=O) groups excluding carboxylic acids is 2. The molecule has 0 spiro atoms. The van der Waals surface area contributed by atoms with Crippen LogP contribution in [0.2, 0.25) is 5.02 Å². The molecule has 0 saturated carbocycles. The van der Waals surface area contributed by atoms with E-state index in [1.807, 2.05) is 51.1 Å². The number of halogens is 1. The van der Waals surface area contributed by atoms with E-state index in [-0.39, 0.29) is 11.3 Å². The van der Waals surface area contributed by atoms with Crippen LogP contribution in [0.3, 0.4) is 0 Å². The van der Waals surface area contributed by atoms with Crippen LogP contribution >= 0.6 is 11.6 Å². The second kappa shape index (κ2) is 8.88. The predicted molar refractivity (Wildman–Crippen MR) is 142 cm³/mol. The number of hydrogen-bond acceptors (Lipinski definition) is 4. The van der Waals surface area contributed by atoms with Gasteiger partial charge in [-0.15, -0.1) is 0 Å². The van der Waals surface area contributed by atoms with Crippen molar-refractivity contribution in [2.24, 2.45) is 0 Å². The van der Waals surface area contributed by atoms with Crippen LogP contribution in [-0.4, -0.2) is 28.9 Å². The molecule has 0 bridgehead atoms. The van der Waals surface area contributed by atoms with E-state index >= 15 is 0 Å². The zero-order chi connectivity index (χ0) is 25.7. The number of aromatic nitrogens is 1. The molecule has 1 atom stereocenters. The number of nitrogens with one attached hydrogen (secondary N) is 1. The van der Waals surface area contributed by atoms with Gasteiger partial charge in [-0.3, -0.25) is 14.5 Å². The van der Waals surface area contributed by atoms with Crippen molar-refractivity contribution >= 4 is 45.6 Å². The van der Waals surface area contributed by atoms with Gasteiger partial charge in [0.2, 0.25) is 0 Å². The molecule has 1 aliphatic heterocycles. The minimum atomic E-state index is -0.843. The Labute approximate surface area is 213 Å². The molecule has 3 aromatic carbocycles. The molecule has 182 valence electrons. The number of fused-ring (bicyclic) bond motifs is 1. The number of aromatic amines is 1. The van der Waals surface area contributed by atoms with E-state index < -0.39 is 17.7 Å². The van der Waals surface area contributed by atoms with Gasteiger partial charge in [-0.25, -0.2) is 0 Å². The summed E-state index contributed by atoms with van der Waals surface area (Å²) in [6, 6.07) is 17.2. The molecule has 6 nitrogen and oxygen atoms in total. The first-order chi connectivity index (χ1) is 17.2. The molecule has 5 rings (SSSR count). The number of Topliss-reactive ketones (excluding diaryl/α,β-unsaturated/α-hetero) is 1. The van der Waals surface area contributed by atoms with E-state index in [1.165, 1.54) is 4.90 Å². The fourth-order valence-corrected chi connectivity index (χ4v) is 5.16. The van der Waals surface area contributed by atoms with Crippen LogP contribution in [0.4, 0.5) is 5.69 Å². The first kappa shape index (κ1) is 23.7. The summed E-state index contributed by atoms with van der Waals surface area (Å²) in [4.78, 5) is 31.9. The molecule has 4 aromatic rings. The predicted octanol–water partition coefficient (Wildman–Crippen LogP) is 6.38. The van der Waals surface area contributed by atoms with E-state index in [0.29, 0.717) is 22.0 Å². The summed E-state index contributed by atoms with van der Waals surface area (Å²) in [5.74, 6) is -1.00. The van der Waals surface area contributed by atoms with Crippen LogP contribution in [0.15, 0.2) is 66.2 Å². The lowest BCUT2D eigenvalue weighted by Gasteiger charge is -2.26. The highest BCUT2D eigenvalue weighted by Crippen LogP contribution is 2.46. The molecule has 36 heavy (non-hydrogen) atoms. The van der Waals surface area contributed by atoms with E-state index in [1.54, 1.807) is 37.4 Å². The number of amides is 1. The number of para-hydroxylation sites is 1. The molecule has 7 heteroatoms. The van der Waals surface area contributed by atoms with Crippen LogP contribution in [0.25, 0.3) is 16.7 Å². The van der Waals surface area contributed by atoms with E-state index in [2.05, 4.69) is 4.98 Å². The van der Waals surface area contributed by atoms with Crippen molar-refractivity contribution in [3.8, 4) is 5.75 Å². The van der Waals surface area contributed by atoms with Crippen molar-refractivity contribution in [3.63, 3.8) is 0 Å². The Morgan fingerprint density at radius 1 is 1.00 bits per heavy atom. The zero-order valence-corrected chi connectivity index (χ0v) is 21.1. The number of aryl methyl sites for hydroxylation is 3. The van der Waals surface area contributed by atoms with Gasteiger partial charge >= 0.3 is 0 Å². The molecule has 0 aliphatic carbocycles. The summed E-state index contributed by atoms with van der Waals surface area (Å²) >= 11 is 6.10. The number of aliphatic hydroxyl groups is 1. The summed E-state index contributed by atoms with van der Waals surface area (Å²) in [7, 11) is 1.58. The smallest absolute Gasteiger partial charge is 0.300 e. The minimum Gasteiger partial charge on any atom is -0.507 e. The number of aliphatic hydroxyl groups excluding tert-OH is 1. The van der Waals surface area contributed by atoms with Gasteiger partial charge in [0.05, 0.1) is 18.7 Å². The van der Waals surface area contributed by atoms with Crippen molar-refractivity contribution < 1.29 is 19.4 Å². The first-order valence-corrected chi connectivity index (χ1v) is 11.9. The maximum Gasteiger partial charge on any atom is 0.300 e. The number of benzene rings is 3. The third-order valence-electron chi connectivity index (χ3n) is 6.76. The third kappa shape index (κ3) is 3.65. The van der Waals surface area contributed by atoms with Crippen molar-refractivity contribution in [2.75, 3.05) is 12.0 Å². The Balaban J connectivity index is 1.82. The van der Waals surface area contributed by atoms with Crippen LogP contribution in [0, 0.1) is 20.8 Å². The van der Waals surface area contributed by atoms with Crippen LogP contribution in [0.5, 0.6) is 5.75 Å². The highest BCUT2D eigenvalue weighted by Gasteiger charge is 2.48. The highest BCUT2D eigenvalue weighted by molar-refractivity contribution is 6.52. The Hall–Kier alpha value is -4.03. The summed E-state index contributed by atoms with van der Waals surface area (Å²) in [6.45, 7) is 5.60. The monoisotopic (exact) mass is 500 g/mol. The van der Waals surface area contributed by atoms with E-state index in [4.69, 9.17) is 16.3 Å². The fraction of sp³-hybridized carbons (Fsp3) is 0.172. The molecule has 1 unspecified atom stereocenters. The van der Waals surface area contributed by atoms with E-state index in [0.717, 1.165) is 33.3 Å². The average molecular weight is 501 g/mol. The average Bonchev–Trinajstić information content (AvgIpc) is 3.32. The molecule has 1 fully saturated rings. The number of methoxy groups -OCH3 is 1. The quantitative estimate of drug-likeness (QED) is 0.193. The number of nitrogens with zero attached hydrogens (tertiary/aromatic N) is 1. The Morgan fingerprint density at radius 2 is 1.69 bits per heavy atom. The van der Waals surface area contributed by atoms with Crippen LogP contribution in [0.1, 0.15) is 34.0 Å². The number of ketones is 1. The summed E-state index contributed by atoms with van der Waals surface area (Å²) in [5.41, 5.74) is 4.99. The topological polar surface area (TPSA) is 82.6 Å². The highest BCUT2D eigenvalue weighted by atomic mass is 35.5. The second-order valence-corrected chi connectivity index (χ2v) is 9.43. The Morgan fingerprint density at radius 3 is 2.39 bits per heavy atom. The van der Waals surface area contributed by atoms with E-state index in [9.17, 15) is 14.7 Å². The molecular weight excluding hydrogens is 476 g/mol. The molecule has 1 aliphatic rings. The SMILES string of the molecule is COc1cc(C)c(/C(O)=C2\C(=O)C(=O)N(c3ccc(Cl)cc3)C2c2c(C)[nH]c3ccccc23)cc1C. The zero-order valence-electron chi connectivity index (χ0n) is 20.3. The number of carbonyl (C=O) groups is 2. The third-order valence-corrected chi connectivity index (χ3v) is 7.02. The largest absolute Gasteiger partial charge is 0.507 e. The lowest BCUT2D eigenvalue weighted by molar-refractivity contribution is -0.132. The molecule has 2 N–H and O–H groups in total. The maximum atomic E-state index is 13.6. The minimum absolute atomic E-state index is 0.0375. The lowest BCUT2D eigenvalue weighted by Crippen LogP contribution is -2.29. The summed E-state index contributed by atoms with van der Waals surface area (Å²) in [6.07, 6.45) is 0. The van der Waals surface area contributed by atoms with Gasteiger partial charge in [-0.05, 0) is 74.4 Å². The van der Waals surface area contributed by atoms with Gasteiger partial charge < -0.3 is 14.8 Å². The summed E-state index contributed by atoms with van der Waals surface area (Å²) in [5, 5.41) is 13.0. The van der Waals surface area contributed by atoms with Gasteiger partial charge in [-0.2, -0.15) is 0 Å². The van der Waals surface area contributed by atoms with Crippen molar-refractivity contribution in [3.05, 3.63) is 99.2 Å². The van der Waals surface area contributed by atoms with Crippen molar-refractivity contribution in [1.82, 2.24) is 4.98 Å². The first-order valence-electron chi connectivity index (χ1n) is 11.5. The Kier molecular flexibility index (Phi) is 5.85. The van der Waals surface area contributed by atoms with Crippen molar-refractivity contribution in [2.45, 2.75) is 26.8 Å². The Bertz CT molecular complexity index is 1570. The standard InChI is InChI=1S/C29H25ClN2O4/c1-15-14-23(36-4)16(2)13-21(15)27(33)25-26(24-17(3)31-22-8-6-5-7-20(22)24)32(29(35)28(25)34)19-11-9-18(30)10-12-19/h5-14,26,31,33H,1-4H3/b27-25+. The number of ether oxygens (including phenoxy) is 1. The molecule has 0 radical (unpaired) electrons. The van der Waals surface area contributed by atoms with Gasteiger partial charge in [0.25, 0.3) is 11.7 Å². The molecule has 1 amide bonds. The molecule has 1 saturated heterocycles. The molecule has 1 aromatic heterocycles. The van der Waals surface area contributed by atoms with Gasteiger partial charge in [0, 0.05) is 38.4 Å². The van der Waals surface area contributed by atoms with Gasteiger partial charge in [0.15, 0.2) is 0 Å². The van der Waals surface area contributed by atoms with Crippen LogP contribution < -0.4 is 9.64 Å². The number of anilines is 1. The van der Waals surface area contributed by atoms with Gasteiger partial charge in [-0.1, -0.05) is 29.8 Å².